The third-order valence-electron chi connectivity index (χ3n) is 9.08. The summed E-state index contributed by atoms with van der Waals surface area (Å²) in [6, 6.07) is 2.63. The van der Waals surface area contributed by atoms with Gasteiger partial charge < -0.3 is 20.9 Å². The van der Waals surface area contributed by atoms with Crippen molar-refractivity contribution in [2.75, 3.05) is 18.4 Å². The highest BCUT2D eigenvalue weighted by atomic mass is 19.3. The number of halogens is 3. The summed E-state index contributed by atoms with van der Waals surface area (Å²) in [5, 5.41) is 11.7. The van der Waals surface area contributed by atoms with Crippen LogP contribution in [0.3, 0.4) is 0 Å². The third-order valence-corrected chi connectivity index (χ3v) is 9.08. The SMILES string of the molecule is [2H]C([2H])([2H])C([2H])([2H])C(=O)N[C@@H](C(=O)N1CCC(=C(F)F)CC1)[C@@H](C)c1ccc(NC(=O)[C@@H](NC(=O)c2ccnn2CC)C2CCCCCC2)c(F)c1. The van der Waals surface area contributed by atoms with E-state index in [-0.39, 0.29) is 54.4 Å². The van der Waals surface area contributed by atoms with Gasteiger partial charge in [0.25, 0.3) is 12.0 Å². The van der Waals surface area contributed by atoms with Crippen LogP contribution in [0.1, 0.15) is 107 Å². The Morgan fingerprint density at radius 1 is 1.06 bits per heavy atom. The first-order valence-corrected chi connectivity index (χ1v) is 16.0. The van der Waals surface area contributed by atoms with Crippen molar-refractivity contribution < 1.29 is 39.2 Å². The second kappa shape index (κ2) is 16.6. The van der Waals surface area contributed by atoms with Crippen molar-refractivity contribution >= 4 is 29.3 Å². The van der Waals surface area contributed by atoms with Gasteiger partial charge in [0, 0.05) is 45.0 Å². The van der Waals surface area contributed by atoms with Crippen LogP contribution < -0.4 is 16.0 Å². The minimum absolute atomic E-state index is 0.121. The largest absolute Gasteiger partial charge is 0.344 e. The molecular weight excluding hydrogens is 613 g/mol. The van der Waals surface area contributed by atoms with Gasteiger partial charge in [-0.05, 0) is 67.9 Å². The Morgan fingerprint density at radius 2 is 1.77 bits per heavy atom. The van der Waals surface area contributed by atoms with E-state index in [0.29, 0.717) is 19.4 Å². The van der Waals surface area contributed by atoms with Crippen molar-refractivity contribution in [2.24, 2.45) is 5.92 Å². The van der Waals surface area contributed by atoms with Crippen LogP contribution in [0.2, 0.25) is 0 Å². The molecule has 13 heteroatoms. The maximum absolute atomic E-state index is 15.8. The number of anilines is 1. The number of nitrogens with zero attached hydrogens (tertiary/aromatic N) is 3. The highest BCUT2D eigenvalue weighted by molar-refractivity contribution is 6.00. The van der Waals surface area contributed by atoms with Crippen LogP contribution in [0.4, 0.5) is 18.9 Å². The van der Waals surface area contributed by atoms with E-state index >= 15 is 4.39 Å². The molecule has 3 atom stereocenters. The van der Waals surface area contributed by atoms with Crippen molar-refractivity contribution in [3.8, 4) is 0 Å². The Kier molecular flexibility index (Phi) is 10.2. The standard InChI is InChI=1S/C34H45F3N6O4/c1-4-28(44)40-29(34(47)42-18-15-23(16-19-42)31(36)37)21(3)24-12-13-26(25(35)20-24)39-33(46)30(22-10-8-6-7-9-11-22)41-32(45)27-14-17-38-43(27)5-2/h12-14,17,20-22,29-30H,4-11,15-16,18-19H2,1-3H3,(H,39,46)(H,40,44)(H,41,45)/t21-,29+,30-/m0/s1/i1D3,4D2. The van der Waals surface area contributed by atoms with E-state index in [1.807, 2.05) is 6.92 Å². The first-order valence-electron chi connectivity index (χ1n) is 18.5. The van der Waals surface area contributed by atoms with Crippen molar-refractivity contribution in [1.29, 1.82) is 0 Å². The topological polar surface area (TPSA) is 125 Å². The molecule has 256 valence electrons. The van der Waals surface area contributed by atoms with E-state index in [4.69, 9.17) is 6.85 Å². The summed E-state index contributed by atoms with van der Waals surface area (Å²) in [5.74, 6) is -5.69. The smallest absolute Gasteiger partial charge is 0.270 e. The number of hydrogen-bond acceptors (Lipinski definition) is 5. The second-order valence-electron chi connectivity index (χ2n) is 12.0. The van der Waals surface area contributed by atoms with E-state index in [1.165, 1.54) is 34.8 Å². The van der Waals surface area contributed by atoms with Crippen molar-refractivity contribution in [3.05, 3.63) is 59.2 Å². The van der Waals surface area contributed by atoms with Crippen LogP contribution in [0.5, 0.6) is 0 Å². The van der Waals surface area contributed by atoms with Gasteiger partial charge in [-0.2, -0.15) is 13.9 Å². The minimum atomic E-state index is -3.39. The number of amides is 4. The number of carbonyl (C=O) groups excluding carboxylic acids is 4. The molecule has 0 radical (unpaired) electrons. The van der Waals surface area contributed by atoms with Crippen molar-refractivity contribution in [1.82, 2.24) is 25.3 Å². The number of benzene rings is 1. The molecule has 1 saturated heterocycles. The normalized spacial score (nSPS) is 19.8. The molecule has 1 aliphatic heterocycles. The monoisotopic (exact) mass is 663 g/mol. The molecular formula is C34H45F3N6O4. The van der Waals surface area contributed by atoms with E-state index in [2.05, 4.69) is 21.0 Å². The molecule has 0 spiro atoms. The number of piperidine rings is 1. The van der Waals surface area contributed by atoms with Crippen molar-refractivity contribution in [2.45, 2.75) is 103 Å². The fourth-order valence-electron chi connectivity index (χ4n) is 6.31. The van der Waals surface area contributed by atoms with E-state index < -0.39 is 66.8 Å². The highest BCUT2D eigenvalue weighted by Crippen LogP contribution is 2.30. The lowest BCUT2D eigenvalue weighted by atomic mass is 9.90. The van der Waals surface area contributed by atoms with Crippen LogP contribution >= 0.6 is 0 Å². The lowest BCUT2D eigenvalue weighted by Crippen LogP contribution is -2.52. The van der Waals surface area contributed by atoms with Crippen LogP contribution in [-0.2, 0) is 20.9 Å². The lowest BCUT2D eigenvalue weighted by Gasteiger charge is -2.34. The Morgan fingerprint density at radius 3 is 2.38 bits per heavy atom. The fourth-order valence-corrected chi connectivity index (χ4v) is 6.31. The van der Waals surface area contributed by atoms with Gasteiger partial charge >= 0.3 is 0 Å². The molecule has 2 fully saturated rings. The Balaban J connectivity index is 1.58. The summed E-state index contributed by atoms with van der Waals surface area (Å²) in [7, 11) is 0. The number of rotatable bonds is 11. The quantitative estimate of drug-likeness (QED) is 0.273. The van der Waals surface area contributed by atoms with E-state index in [0.717, 1.165) is 31.7 Å². The summed E-state index contributed by atoms with van der Waals surface area (Å²) in [5.41, 5.74) is 0.0706. The van der Waals surface area contributed by atoms with Crippen LogP contribution in [-0.4, -0.2) is 63.5 Å². The zero-order valence-electron chi connectivity index (χ0n) is 31.6. The first-order chi connectivity index (χ1) is 24.5. The molecule has 47 heavy (non-hydrogen) atoms. The number of likely N-dealkylation sites (tertiary alicyclic amines) is 1. The zero-order valence-corrected chi connectivity index (χ0v) is 26.6. The lowest BCUT2D eigenvalue weighted by molar-refractivity contribution is -0.137. The molecule has 3 N–H and O–H groups in total. The first kappa shape index (κ1) is 29.0. The molecule has 4 amide bonds. The van der Waals surface area contributed by atoms with Gasteiger partial charge in [0.2, 0.25) is 17.7 Å². The molecule has 0 bridgehead atoms. The fraction of sp³-hybridized carbons (Fsp3) is 0.559. The van der Waals surface area contributed by atoms with Gasteiger partial charge in [0.1, 0.15) is 23.6 Å². The Labute approximate surface area is 280 Å². The van der Waals surface area contributed by atoms with Gasteiger partial charge in [0.15, 0.2) is 0 Å². The van der Waals surface area contributed by atoms with E-state index in [1.54, 1.807) is 6.07 Å². The number of aryl methyl sites for hydroxylation is 1. The Bertz CT molecular complexity index is 1650. The van der Waals surface area contributed by atoms with Gasteiger partial charge in [-0.3, -0.25) is 23.9 Å². The minimum Gasteiger partial charge on any atom is -0.344 e. The molecule has 2 heterocycles. The maximum Gasteiger partial charge on any atom is 0.270 e. The molecule has 2 aliphatic rings. The Hall–Kier alpha value is -4.16. The summed E-state index contributed by atoms with van der Waals surface area (Å²) in [4.78, 5) is 54.9. The molecule has 1 aliphatic carbocycles. The predicted octanol–water partition coefficient (Wildman–Crippen LogP) is 5.52. The number of hydrogen-bond donors (Lipinski definition) is 3. The zero-order chi connectivity index (χ0) is 38.4. The van der Waals surface area contributed by atoms with Crippen LogP contribution in [0.25, 0.3) is 0 Å². The predicted molar refractivity (Wildman–Crippen MR) is 171 cm³/mol. The highest BCUT2D eigenvalue weighted by Gasteiger charge is 2.35. The average Bonchev–Trinajstić information content (AvgIpc) is 3.43. The summed E-state index contributed by atoms with van der Waals surface area (Å²) >= 11 is 0. The molecule has 4 rings (SSSR count). The average molecular weight is 664 g/mol. The second-order valence-corrected chi connectivity index (χ2v) is 12.0. The van der Waals surface area contributed by atoms with Gasteiger partial charge in [-0.15, -0.1) is 0 Å². The van der Waals surface area contributed by atoms with Crippen LogP contribution in [0.15, 0.2) is 42.1 Å². The van der Waals surface area contributed by atoms with Gasteiger partial charge in [0.05, 0.1) is 5.69 Å². The van der Waals surface area contributed by atoms with E-state index in [9.17, 15) is 28.0 Å². The molecule has 10 nitrogen and oxygen atoms in total. The van der Waals surface area contributed by atoms with Gasteiger partial charge in [-0.25, -0.2) is 4.39 Å². The third kappa shape index (κ3) is 9.01. The maximum atomic E-state index is 15.8. The number of carbonyl (C=O) groups is 4. The summed E-state index contributed by atoms with van der Waals surface area (Å²) in [6.45, 7) is 0.0603. The molecule has 1 aromatic heterocycles. The summed E-state index contributed by atoms with van der Waals surface area (Å²) < 4.78 is 81.7. The molecule has 1 saturated carbocycles. The molecule has 2 aromatic rings. The summed E-state index contributed by atoms with van der Waals surface area (Å²) in [6.07, 6.45) is 1.07. The van der Waals surface area contributed by atoms with Crippen molar-refractivity contribution in [3.63, 3.8) is 0 Å². The van der Waals surface area contributed by atoms with Gasteiger partial charge in [-0.1, -0.05) is 45.5 Å². The molecule has 1 aromatic carbocycles. The number of aromatic nitrogens is 2. The number of nitrogens with one attached hydrogen (secondary N) is 3. The molecule has 0 unspecified atom stereocenters. The van der Waals surface area contributed by atoms with Crippen LogP contribution in [0, 0.1) is 11.7 Å².